The zero-order chi connectivity index (χ0) is 18.5. The molecule has 3 aromatic rings. The second-order valence-corrected chi connectivity index (χ2v) is 5.36. The van der Waals surface area contributed by atoms with Gasteiger partial charge in [-0.1, -0.05) is 6.07 Å². The van der Waals surface area contributed by atoms with Crippen LogP contribution in [-0.4, -0.2) is 46.3 Å². The molecule has 3 amide bonds. The van der Waals surface area contributed by atoms with Crippen LogP contribution in [0.25, 0.3) is 11.2 Å². The number of likely N-dealkylation sites (N-methyl/N-ethyl adjacent to an activating group) is 1. The van der Waals surface area contributed by atoms with Gasteiger partial charge in [0.1, 0.15) is 11.2 Å². The fourth-order valence-corrected chi connectivity index (χ4v) is 2.22. The quantitative estimate of drug-likeness (QED) is 0.537. The molecule has 1 aromatic carbocycles. The first-order chi connectivity index (χ1) is 12.6. The largest absolute Gasteiger partial charge is 0.358 e. The normalized spacial score (nSPS) is 10.3. The molecule has 0 atom stereocenters. The number of nitrogens with zero attached hydrogens (tertiary/aromatic N) is 2. The number of carbonyl (C=O) groups is 3. The van der Waals surface area contributed by atoms with Crippen LogP contribution in [0.5, 0.6) is 0 Å². The van der Waals surface area contributed by atoms with Gasteiger partial charge in [0, 0.05) is 24.5 Å². The Morgan fingerprint density at radius 1 is 1.15 bits per heavy atom. The van der Waals surface area contributed by atoms with Crippen molar-refractivity contribution in [3.8, 4) is 0 Å². The molecule has 0 aliphatic heterocycles. The van der Waals surface area contributed by atoms with Gasteiger partial charge in [-0.25, -0.2) is 9.97 Å². The highest BCUT2D eigenvalue weighted by Crippen LogP contribution is 2.13. The predicted molar refractivity (Wildman–Crippen MR) is 94.7 cm³/mol. The number of fused-ring (bicyclic) bond motifs is 1. The van der Waals surface area contributed by atoms with Crippen LogP contribution < -0.4 is 16.0 Å². The van der Waals surface area contributed by atoms with Crippen LogP contribution in [0.1, 0.15) is 20.8 Å². The van der Waals surface area contributed by atoms with Gasteiger partial charge in [-0.05, 0) is 24.3 Å². The van der Waals surface area contributed by atoms with Crippen molar-refractivity contribution in [2.45, 2.75) is 0 Å². The van der Waals surface area contributed by atoms with E-state index >= 15 is 0 Å². The Bertz CT molecular complexity index is 981. The number of hydrogen-bond donors (Lipinski definition) is 4. The summed E-state index contributed by atoms with van der Waals surface area (Å²) in [5, 5.41) is 7.58. The molecule has 0 saturated carbocycles. The third kappa shape index (κ3) is 3.83. The summed E-state index contributed by atoms with van der Waals surface area (Å²) >= 11 is 0. The van der Waals surface area contributed by atoms with Crippen LogP contribution in [0, 0.1) is 0 Å². The topological polar surface area (TPSA) is 129 Å². The number of aromatic amines is 1. The first-order valence-corrected chi connectivity index (χ1v) is 7.77. The SMILES string of the molecule is CNC(=O)CNC(=O)c1cccc(NC(=O)c2cnc3[nH]ccc3n2)c1. The summed E-state index contributed by atoms with van der Waals surface area (Å²) in [6.45, 7) is -0.127. The lowest BCUT2D eigenvalue weighted by atomic mass is 10.2. The Labute approximate surface area is 148 Å². The van der Waals surface area contributed by atoms with E-state index in [-0.39, 0.29) is 18.1 Å². The number of H-pyrrole nitrogens is 1. The number of carbonyl (C=O) groups excluding carboxylic acids is 3. The molecule has 132 valence electrons. The summed E-state index contributed by atoms with van der Waals surface area (Å²) in [7, 11) is 1.48. The fourth-order valence-electron chi connectivity index (χ4n) is 2.22. The Hall–Kier alpha value is -3.75. The van der Waals surface area contributed by atoms with Crippen molar-refractivity contribution in [2.24, 2.45) is 0 Å². The number of amides is 3. The summed E-state index contributed by atoms with van der Waals surface area (Å²) < 4.78 is 0. The Kier molecular flexibility index (Phi) is 4.88. The molecule has 2 heterocycles. The maximum absolute atomic E-state index is 12.3. The number of anilines is 1. The van der Waals surface area contributed by atoms with Gasteiger partial charge in [0.2, 0.25) is 5.91 Å². The molecule has 0 bridgehead atoms. The van der Waals surface area contributed by atoms with Crippen LogP contribution in [0.4, 0.5) is 5.69 Å². The number of aromatic nitrogens is 3. The van der Waals surface area contributed by atoms with E-state index in [9.17, 15) is 14.4 Å². The minimum Gasteiger partial charge on any atom is -0.358 e. The molecule has 9 nitrogen and oxygen atoms in total. The van der Waals surface area contributed by atoms with Gasteiger partial charge >= 0.3 is 0 Å². The summed E-state index contributed by atoms with van der Waals surface area (Å²) in [5.74, 6) is -1.16. The molecule has 0 aliphatic carbocycles. The molecule has 0 radical (unpaired) electrons. The smallest absolute Gasteiger partial charge is 0.275 e. The van der Waals surface area contributed by atoms with E-state index in [2.05, 4.69) is 30.9 Å². The molecular formula is C17H16N6O3. The highest BCUT2D eigenvalue weighted by molar-refractivity contribution is 6.04. The second-order valence-electron chi connectivity index (χ2n) is 5.36. The molecule has 3 rings (SSSR count). The van der Waals surface area contributed by atoms with Crippen LogP contribution in [-0.2, 0) is 4.79 Å². The van der Waals surface area contributed by atoms with Crippen molar-refractivity contribution in [3.05, 3.63) is 54.0 Å². The van der Waals surface area contributed by atoms with Gasteiger partial charge in [0.05, 0.1) is 12.7 Å². The lowest BCUT2D eigenvalue weighted by molar-refractivity contribution is -0.119. The van der Waals surface area contributed by atoms with E-state index in [1.54, 1.807) is 30.5 Å². The van der Waals surface area contributed by atoms with E-state index in [4.69, 9.17) is 0 Å². The standard InChI is InChI=1S/C17H16N6O3/c1-18-14(24)9-21-16(25)10-3-2-4-11(7-10)22-17(26)13-8-20-15-12(23-13)5-6-19-15/h2-8H,9H2,1H3,(H,18,24)(H,19,20)(H,21,25)(H,22,26). The zero-order valence-corrected chi connectivity index (χ0v) is 13.9. The van der Waals surface area contributed by atoms with Crippen molar-refractivity contribution >= 4 is 34.6 Å². The first-order valence-electron chi connectivity index (χ1n) is 7.77. The Morgan fingerprint density at radius 2 is 2.00 bits per heavy atom. The molecule has 0 fully saturated rings. The fraction of sp³-hybridized carbons (Fsp3) is 0.118. The van der Waals surface area contributed by atoms with Crippen LogP contribution in [0.3, 0.4) is 0 Å². The van der Waals surface area contributed by atoms with Gasteiger partial charge in [-0.15, -0.1) is 0 Å². The van der Waals surface area contributed by atoms with Crippen molar-refractivity contribution in [3.63, 3.8) is 0 Å². The van der Waals surface area contributed by atoms with Gasteiger partial charge in [0.15, 0.2) is 5.65 Å². The molecule has 0 saturated heterocycles. The Balaban J connectivity index is 1.70. The van der Waals surface area contributed by atoms with Gasteiger partial charge < -0.3 is 20.9 Å². The van der Waals surface area contributed by atoms with E-state index in [0.717, 1.165) is 0 Å². The number of benzene rings is 1. The number of nitrogens with one attached hydrogen (secondary N) is 4. The highest BCUT2D eigenvalue weighted by Gasteiger charge is 2.12. The minimum absolute atomic E-state index is 0.127. The molecular weight excluding hydrogens is 336 g/mol. The van der Waals surface area contributed by atoms with Crippen molar-refractivity contribution in [2.75, 3.05) is 18.9 Å². The third-order valence-electron chi connectivity index (χ3n) is 3.56. The van der Waals surface area contributed by atoms with Crippen molar-refractivity contribution in [1.29, 1.82) is 0 Å². The van der Waals surface area contributed by atoms with E-state index in [1.807, 2.05) is 0 Å². The van der Waals surface area contributed by atoms with Crippen molar-refractivity contribution < 1.29 is 14.4 Å². The molecule has 2 aromatic heterocycles. The Morgan fingerprint density at radius 3 is 2.81 bits per heavy atom. The van der Waals surface area contributed by atoms with Crippen LogP contribution in [0.2, 0.25) is 0 Å². The molecule has 4 N–H and O–H groups in total. The first kappa shape index (κ1) is 17.1. The average molecular weight is 352 g/mol. The molecule has 26 heavy (non-hydrogen) atoms. The lowest BCUT2D eigenvalue weighted by Gasteiger charge is -2.08. The van der Waals surface area contributed by atoms with E-state index < -0.39 is 11.8 Å². The van der Waals surface area contributed by atoms with Gasteiger partial charge in [0.25, 0.3) is 11.8 Å². The predicted octanol–water partition coefficient (Wildman–Crippen LogP) is 0.686. The minimum atomic E-state index is -0.441. The number of rotatable bonds is 5. The van der Waals surface area contributed by atoms with E-state index in [1.165, 1.54) is 19.3 Å². The molecule has 9 heteroatoms. The van der Waals surface area contributed by atoms with Crippen LogP contribution >= 0.6 is 0 Å². The second kappa shape index (κ2) is 7.43. The monoisotopic (exact) mass is 352 g/mol. The summed E-state index contributed by atoms with van der Waals surface area (Å²) in [5.41, 5.74) is 2.08. The molecule has 0 spiro atoms. The summed E-state index contributed by atoms with van der Waals surface area (Å²) in [6, 6.07) is 8.09. The van der Waals surface area contributed by atoms with E-state index in [0.29, 0.717) is 22.4 Å². The summed E-state index contributed by atoms with van der Waals surface area (Å²) in [6.07, 6.45) is 3.06. The maximum Gasteiger partial charge on any atom is 0.275 e. The van der Waals surface area contributed by atoms with Gasteiger partial charge in [-0.3, -0.25) is 14.4 Å². The average Bonchev–Trinajstić information content (AvgIpc) is 3.13. The van der Waals surface area contributed by atoms with Crippen LogP contribution in [0.15, 0.2) is 42.7 Å². The highest BCUT2D eigenvalue weighted by atomic mass is 16.2. The van der Waals surface area contributed by atoms with Gasteiger partial charge in [-0.2, -0.15) is 0 Å². The third-order valence-corrected chi connectivity index (χ3v) is 3.56. The molecule has 0 unspecified atom stereocenters. The zero-order valence-electron chi connectivity index (χ0n) is 13.9. The molecule has 0 aliphatic rings. The lowest BCUT2D eigenvalue weighted by Crippen LogP contribution is -2.35. The summed E-state index contributed by atoms with van der Waals surface area (Å²) in [4.78, 5) is 46.8. The number of hydrogen-bond acceptors (Lipinski definition) is 5. The van der Waals surface area contributed by atoms with Crippen molar-refractivity contribution in [1.82, 2.24) is 25.6 Å². The maximum atomic E-state index is 12.3.